The second kappa shape index (κ2) is 4.11. The lowest BCUT2D eigenvalue weighted by Gasteiger charge is -2.02. The third-order valence-electron chi connectivity index (χ3n) is 2.32. The lowest BCUT2D eigenvalue weighted by atomic mass is 10.0. The van der Waals surface area contributed by atoms with Gasteiger partial charge in [-0.1, -0.05) is 17.3 Å². The van der Waals surface area contributed by atoms with Crippen LogP contribution < -0.4 is 5.73 Å². The molecule has 0 amide bonds. The van der Waals surface area contributed by atoms with Crippen LogP contribution in [-0.4, -0.2) is 18.4 Å². The fourth-order valence-corrected chi connectivity index (χ4v) is 1.49. The van der Waals surface area contributed by atoms with Crippen molar-refractivity contribution >= 4 is 5.71 Å². The summed E-state index contributed by atoms with van der Waals surface area (Å²) < 4.78 is 0. The summed E-state index contributed by atoms with van der Waals surface area (Å²) in [5.41, 5.74) is 7.91. The van der Waals surface area contributed by atoms with E-state index in [1.807, 2.05) is 12.1 Å². The Bertz CT molecular complexity index is 434. The van der Waals surface area contributed by atoms with Gasteiger partial charge in [-0.25, -0.2) is 0 Å². The molecule has 1 aromatic rings. The van der Waals surface area contributed by atoms with Crippen LogP contribution in [0.4, 0.5) is 0 Å². The second-order valence-electron chi connectivity index (χ2n) is 3.40. The smallest absolute Gasteiger partial charge is 0.145 e. The molecule has 4 nitrogen and oxygen atoms in total. The second-order valence-corrected chi connectivity index (χ2v) is 3.40. The zero-order valence-electron chi connectivity index (χ0n) is 8.18. The van der Waals surface area contributed by atoms with Crippen LogP contribution in [0.2, 0.25) is 0 Å². The molecule has 0 saturated carbocycles. The molecule has 0 spiro atoms. The van der Waals surface area contributed by atoms with Gasteiger partial charge in [0.15, 0.2) is 0 Å². The Balaban J connectivity index is 2.21. The van der Waals surface area contributed by atoms with Gasteiger partial charge in [-0.05, 0) is 12.1 Å². The molecule has 0 radical (unpaired) electrons. The lowest BCUT2D eigenvalue weighted by molar-refractivity contribution is 0.0918. The minimum atomic E-state index is -0.0225. The van der Waals surface area contributed by atoms with Crippen molar-refractivity contribution in [2.75, 3.05) is 6.54 Å². The van der Waals surface area contributed by atoms with Gasteiger partial charge in [0.05, 0.1) is 17.3 Å². The van der Waals surface area contributed by atoms with Gasteiger partial charge in [0.2, 0.25) is 0 Å². The first-order valence-corrected chi connectivity index (χ1v) is 4.77. The van der Waals surface area contributed by atoms with Crippen LogP contribution in [0.3, 0.4) is 0 Å². The van der Waals surface area contributed by atoms with Crippen LogP contribution in [0.1, 0.15) is 17.5 Å². The Labute approximate surface area is 87.9 Å². The number of benzene rings is 1. The van der Waals surface area contributed by atoms with Crippen LogP contribution in [0.25, 0.3) is 0 Å². The van der Waals surface area contributed by atoms with E-state index in [-0.39, 0.29) is 6.10 Å². The SMILES string of the molecule is N#Cc1cccc(C2=NOC(CN)C2)c1. The van der Waals surface area contributed by atoms with E-state index in [9.17, 15) is 0 Å². The van der Waals surface area contributed by atoms with Crippen molar-refractivity contribution in [1.82, 2.24) is 0 Å². The summed E-state index contributed by atoms with van der Waals surface area (Å²) >= 11 is 0. The molecule has 1 heterocycles. The van der Waals surface area contributed by atoms with Crippen LogP contribution >= 0.6 is 0 Å². The summed E-state index contributed by atoms with van der Waals surface area (Å²) in [5, 5.41) is 12.7. The Kier molecular flexibility index (Phi) is 2.66. The maximum atomic E-state index is 8.76. The first-order chi connectivity index (χ1) is 7.33. The van der Waals surface area contributed by atoms with Crippen LogP contribution in [0, 0.1) is 11.3 Å². The highest BCUT2D eigenvalue weighted by Gasteiger charge is 2.20. The predicted octanol–water partition coefficient (Wildman–Crippen LogP) is 1.01. The van der Waals surface area contributed by atoms with Gasteiger partial charge in [-0.3, -0.25) is 0 Å². The van der Waals surface area contributed by atoms with Crippen LogP contribution in [-0.2, 0) is 4.84 Å². The fourth-order valence-electron chi connectivity index (χ4n) is 1.49. The van der Waals surface area contributed by atoms with Crippen molar-refractivity contribution in [2.24, 2.45) is 10.9 Å². The average Bonchev–Trinajstić information content (AvgIpc) is 2.78. The van der Waals surface area contributed by atoms with E-state index in [1.165, 1.54) is 0 Å². The molecular formula is C11H11N3O. The highest BCUT2D eigenvalue weighted by atomic mass is 16.6. The molecule has 1 aliphatic heterocycles. The van der Waals surface area contributed by atoms with Crippen molar-refractivity contribution in [3.8, 4) is 6.07 Å². The number of nitrogens with zero attached hydrogens (tertiary/aromatic N) is 2. The Morgan fingerprint density at radius 1 is 1.60 bits per heavy atom. The third kappa shape index (κ3) is 1.97. The number of oxime groups is 1. The summed E-state index contributed by atoms with van der Waals surface area (Å²) in [7, 11) is 0. The van der Waals surface area contributed by atoms with Gasteiger partial charge in [-0.2, -0.15) is 5.26 Å². The fraction of sp³-hybridized carbons (Fsp3) is 0.273. The molecule has 0 aliphatic carbocycles. The molecule has 0 bridgehead atoms. The third-order valence-corrected chi connectivity index (χ3v) is 2.32. The van der Waals surface area contributed by atoms with E-state index in [0.717, 1.165) is 11.3 Å². The first kappa shape index (κ1) is 9.69. The quantitative estimate of drug-likeness (QED) is 0.776. The van der Waals surface area contributed by atoms with Gasteiger partial charge in [0.1, 0.15) is 6.10 Å². The van der Waals surface area contributed by atoms with Crippen molar-refractivity contribution in [3.05, 3.63) is 35.4 Å². The maximum Gasteiger partial charge on any atom is 0.145 e. The van der Waals surface area contributed by atoms with Crippen molar-refractivity contribution < 1.29 is 4.84 Å². The molecule has 2 N–H and O–H groups in total. The average molecular weight is 201 g/mol. The van der Waals surface area contributed by atoms with E-state index >= 15 is 0 Å². The van der Waals surface area contributed by atoms with Crippen molar-refractivity contribution in [1.29, 1.82) is 5.26 Å². The normalized spacial score (nSPS) is 19.2. The van der Waals surface area contributed by atoms with Gasteiger partial charge in [0.25, 0.3) is 0 Å². The van der Waals surface area contributed by atoms with Crippen LogP contribution in [0.5, 0.6) is 0 Å². The number of nitriles is 1. The Hall–Kier alpha value is -1.86. The number of rotatable bonds is 2. The number of hydrogen-bond acceptors (Lipinski definition) is 4. The predicted molar refractivity (Wildman–Crippen MR) is 56.2 cm³/mol. The molecule has 0 saturated heterocycles. The molecule has 0 aromatic heterocycles. The molecule has 15 heavy (non-hydrogen) atoms. The Morgan fingerprint density at radius 2 is 2.47 bits per heavy atom. The van der Waals surface area contributed by atoms with Gasteiger partial charge < -0.3 is 10.6 Å². The summed E-state index contributed by atoms with van der Waals surface area (Å²) in [6.45, 7) is 0.463. The molecule has 1 unspecified atom stereocenters. The number of nitrogens with two attached hydrogens (primary N) is 1. The molecule has 0 fully saturated rings. The number of hydrogen-bond donors (Lipinski definition) is 1. The minimum absolute atomic E-state index is 0.0225. The maximum absolute atomic E-state index is 8.76. The van der Waals surface area contributed by atoms with E-state index in [1.54, 1.807) is 12.1 Å². The summed E-state index contributed by atoms with van der Waals surface area (Å²) in [6.07, 6.45) is 0.691. The molecule has 76 valence electrons. The zero-order valence-corrected chi connectivity index (χ0v) is 8.18. The van der Waals surface area contributed by atoms with Gasteiger partial charge in [0, 0.05) is 18.5 Å². The Morgan fingerprint density at radius 3 is 3.13 bits per heavy atom. The van der Waals surface area contributed by atoms with E-state index in [2.05, 4.69) is 11.2 Å². The minimum Gasteiger partial charge on any atom is -0.390 e. The van der Waals surface area contributed by atoms with E-state index in [4.69, 9.17) is 15.8 Å². The highest BCUT2D eigenvalue weighted by molar-refractivity contribution is 6.01. The monoisotopic (exact) mass is 201 g/mol. The molecule has 4 heteroatoms. The van der Waals surface area contributed by atoms with Crippen molar-refractivity contribution in [3.63, 3.8) is 0 Å². The van der Waals surface area contributed by atoms with Crippen LogP contribution in [0.15, 0.2) is 29.4 Å². The van der Waals surface area contributed by atoms with Gasteiger partial charge >= 0.3 is 0 Å². The first-order valence-electron chi connectivity index (χ1n) is 4.77. The molecule has 2 rings (SSSR count). The van der Waals surface area contributed by atoms with E-state index < -0.39 is 0 Å². The molecule has 1 aliphatic rings. The largest absolute Gasteiger partial charge is 0.390 e. The summed E-state index contributed by atoms with van der Waals surface area (Å²) in [5.74, 6) is 0. The zero-order chi connectivity index (χ0) is 10.7. The summed E-state index contributed by atoms with van der Waals surface area (Å²) in [6, 6.07) is 9.42. The lowest BCUT2D eigenvalue weighted by Crippen LogP contribution is -2.20. The van der Waals surface area contributed by atoms with Crippen molar-refractivity contribution in [2.45, 2.75) is 12.5 Å². The molecule has 1 aromatic carbocycles. The van der Waals surface area contributed by atoms with E-state index in [0.29, 0.717) is 18.5 Å². The standard InChI is InChI=1S/C11H11N3O/c12-6-8-2-1-3-9(4-8)11-5-10(7-13)15-14-11/h1-4,10H,5,7,13H2. The molecule has 1 atom stereocenters. The molecular weight excluding hydrogens is 190 g/mol. The summed E-state index contributed by atoms with van der Waals surface area (Å²) in [4.78, 5) is 5.12. The highest BCUT2D eigenvalue weighted by Crippen LogP contribution is 2.16. The van der Waals surface area contributed by atoms with Gasteiger partial charge in [-0.15, -0.1) is 0 Å². The topological polar surface area (TPSA) is 71.4 Å².